The fraction of sp³-hybridized carbons (Fsp3) is 0.391. The number of anilines is 1. The van der Waals surface area contributed by atoms with Gasteiger partial charge in [0.15, 0.2) is 11.5 Å². The van der Waals surface area contributed by atoms with E-state index in [4.69, 9.17) is 14.2 Å². The minimum atomic E-state index is -0.338. The molecule has 0 bridgehead atoms. The lowest BCUT2D eigenvalue weighted by atomic mass is 9.92. The molecule has 0 aromatic heterocycles. The fourth-order valence-electron chi connectivity index (χ4n) is 3.73. The van der Waals surface area contributed by atoms with Gasteiger partial charge in [0.1, 0.15) is 5.75 Å². The number of nitrogens with zero attached hydrogens (tertiary/aromatic N) is 1. The molecule has 3 amide bonds. The molecule has 0 spiro atoms. The number of nitrogens with one attached hydrogen (secondary N) is 2. The molecule has 166 valence electrons. The highest BCUT2D eigenvalue weighted by Gasteiger charge is 2.32. The summed E-state index contributed by atoms with van der Waals surface area (Å²) in [5.41, 5.74) is 2.67. The third kappa shape index (κ3) is 5.20. The number of fused-ring (bicyclic) bond motifs is 1. The van der Waals surface area contributed by atoms with Crippen LogP contribution in [0.1, 0.15) is 31.0 Å². The smallest absolute Gasteiger partial charge is 0.322 e. The zero-order valence-corrected chi connectivity index (χ0v) is 18.4. The van der Waals surface area contributed by atoms with Crippen molar-refractivity contribution in [2.75, 3.05) is 39.2 Å². The summed E-state index contributed by atoms with van der Waals surface area (Å²) in [7, 11) is 3.17. The van der Waals surface area contributed by atoms with Crippen LogP contribution in [0.2, 0.25) is 0 Å². The molecule has 1 unspecified atom stereocenters. The Morgan fingerprint density at radius 1 is 1.10 bits per heavy atom. The van der Waals surface area contributed by atoms with Gasteiger partial charge in [-0.3, -0.25) is 4.79 Å². The minimum Gasteiger partial charge on any atom is -0.494 e. The van der Waals surface area contributed by atoms with Gasteiger partial charge in [-0.15, -0.1) is 0 Å². The first-order valence-corrected chi connectivity index (χ1v) is 10.3. The molecule has 31 heavy (non-hydrogen) atoms. The number of amides is 3. The van der Waals surface area contributed by atoms with Gasteiger partial charge in [-0.25, -0.2) is 4.79 Å². The Kier molecular flexibility index (Phi) is 7.23. The predicted octanol–water partition coefficient (Wildman–Crippen LogP) is 3.37. The van der Waals surface area contributed by atoms with E-state index < -0.39 is 0 Å². The highest BCUT2D eigenvalue weighted by atomic mass is 16.5. The number of hydrogen-bond donors (Lipinski definition) is 2. The number of carbonyl (C=O) groups excluding carboxylic acids is 2. The van der Waals surface area contributed by atoms with Crippen molar-refractivity contribution in [2.24, 2.45) is 0 Å². The van der Waals surface area contributed by atoms with E-state index in [1.807, 2.05) is 31.2 Å². The fourth-order valence-corrected chi connectivity index (χ4v) is 3.73. The molecule has 0 aliphatic carbocycles. The average Bonchev–Trinajstić information content (AvgIpc) is 2.77. The molecule has 2 aromatic carbocycles. The summed E-state index contributed by atoms with van der Waals surface area (Å²) in [5.74, 6) is 1.83. The molecular weight excluding hydrogens is 398 g/mol. The van der Waals surface area contributed by atoms with E-state index in [1.54, 1.807) is 31.3 Å². The van der Waals surface area contributed by atoms with Crippen LogP contribution < -0.4 is 24.8 Å². The highest BCUT2D eigenvalue weighted by molar-refractivity contribution is 5.90. The maximum absolute atomic E-state index is 13.1. The second-order valence-corrected chi connectivity index (χ2v) is 7.19. The molecular formula is C23H29N3O5. The number of carbonyl (C=O) groups is 2. The van der Waals surface area contributed by atoms with Crippen molar-refractivity contribution in [1.82, 2.24) is 10.2 Å². The van der Waals surface area contributed by atoms with Crippen molar-refractivity contribution in [1.29, 1.82) is 0 Å². The molecule has 3 rings (SSSR count). The lowest BCUT2D eigenvalue weighted by Gasteiger charge is -2.37. The first-order chi connectivity index (χ1) is 15.0. The van der Waals surface area contributed by atoms with Crippen molar-refractivity contribution in [2.45, 2.75) is 26.3 Å². The van der Waals surface area contributed by atoms with Gasteiger partial charge < -0.3 is 29.7 Å². The van der Waals surface area contributed by atoms with Gasteiger partial charge in [0, 0.05) is 25.7 Å². The van der Waals surface area contributed by atoms with Crippen molar-refractivity contribution in [3.63, 3.8) is 0 Å². The Balaban J connectivity index is 1.86. The number of ether oxygens (including phenoxy) is 3. The summed E-state index contributed by atoms with van der Waals surface area (Å²) in [5, 5.41) is 5.79. The highest BCUT2D eigenvalue weighted by Crippen LogP contribution is 2.38. The summed E-state index contributed by atoms with van der Waals surface area (Å²) in [6.45, 7) is 4.77. The monoisotopic (exact) mass is 427 g/mol. The Morgan fingerprint density at radius 2 is 1.77 bits per heavy atom. The minimum absolute atomic E-state index is 0.153. The Bertz CT molecular complexity index is 930. The van der Waals surface area contributed by atoms with Crippen LogP contribution in [-0.2, 0) is 11.2 Å². The third-order valence-corrected chi connectivity index (χ3v) is 5.22. The summed E-state index contributed by atoms with van der Waals surface area (Å²) in [6, 6.07) is 10.5. The molecule has 1 aliphatic heterocycles. The normalized spacial score (nSPS) is 15.0. The molecule has 2 aromatic rings. The van der Waals surface area contributed by atoms with Gasteiger partial charge in [0.25, 0.3) is 0 Å². The molecule has 0 radical (unpaired) electrons. The number of rotatable bonds is 7. The van der Waals surface area contributed by atoms with Gasteiger partial charge >= 0.3 is 6.03 Å². The van der Waals surface area contributed by atoms with E-state index in [9.17, 15) is 9.59 Å². The maximum atomic E-state index is 13.1. The van der Waals surface area contributed by atoms with Crippen molar-refractivity contribution < 1.29 is 23.8 Å². The number of benzene rings is 2. The largest absolute Gasteiger partial charge is 0.494 e. The van der Waals surface area contributed by atoms with Crippen LogP contribution in [0.3, 0.4) is 0 Å². The van der Waals surface area contributed by atoms with Gasteiger partial charge in [-0.05, 0) is 60.9 Å². The maximum Gasteiger partial charge on any atom is 0.322 e. The molecule has 0 saturated carbocycles. The van der Waals surface area contributed by atoms with E-state index in [1.165, 1.54) is 6.92 Å². The van der Waals surface area contributed by atoms with Crippen LogP contribution in [-0.4, -0.2) is 50.8 Å². The quantitative estimate of drug-likeness (QED) is 0.707. The number of methoxy groups -OCH3 is 2. The first-order valence-electron chi connectivity index (χ1n) is 10.3. The average molecular weight is 428 g/mol. The third-order valence-electron chi connectivity index (χ3n) is 5.22. The van der Waals surface area contributed by atoms with E-state index in [-0.39, 0.29) is 18.0 Å². The molecule has 2 N–H and O–H groups in total. The molecule has 8 heteroatoms. The first kappa shape index (κ1) is 22.3. The van der Waals surface area contributed by atoms with E-state index in [0.29, 0.717) is 43.3 Å². The predicted molar refractivity (Wildman–Crippen MR) is 118 cm³/mol. The van der Waals surface area contributed by atoms with Crippen LogP contribution in [0.15, 0.2) is 36.4 Å². The zero-order valence-electron chi connectivity index (χ0n) is 18.4. The van der Waals surface area contributed by atoms with Gasteiger partial charge in [-0.1, -0.05) is 0 Å². The van der Waals surface area contributed by atoms with E-state index >= 15 is 0 Å². The summed E-state index contributed by atoms with van der Waals surface area (Å²) < 4.78 is 16.3. The Labute approximate surface area is 182 Å². The lowest BCUT2D eigenvalue weighted by molar-refractivity contribution is -0.119. The van der Waals surface area contributed by atoms with Crippen LogP contribution >= 0.6 is 0 Å². The zero-order chi connectivity index (χ0) is 22.4. The molecule has 0 saturated heterocycles. The number of urea groups is 1. The van der Waals surface area contributed by atoms with E-state index in [0.717, 1.165) is 16.9 Å². The topological polar surface area (TPSA) is 89.1 Å². The second-order valence-electron chi connectivity index (χ2n) is 7.19. The van der Waals surface area contributed by atoms with Crippen molar-refractivity contribution in [3.8, 4) is 17.2 Å². The van der Waals surface area contributed by atoms with Gasteiger partial charge in [0.2, 0.25) is 5.91 Å². The van der Waals surface area contributed by atoms with Crippen LogP contribution in [0.5, 0.6) is 17.2 Å². The molecule has 8 nitrogen and oxygen atoms in total. The van der Waals surface area contributed by atoms with E-state index in [2.05, 4.69) is 10.6 Å². The lowest BCUT2D eigenvalue weighted by Crippen LogP contribution is -2.46. The van der Waals surface area contributed by atoms with Crippen LogP contribution in [0.4, 0.5) is 10.5 Å². The Hall–Kier alpha value is -3.42. The Morgan fingerprint density at radius 3 is 2.39 bits per heavy atom. The van der Waals surface area contributed by atoms with Crippen molar-refractivity contribution >= 4 is 17.6 Å². The number of hydrogen-bond acceptors (Lipinski definition) is 5. The summed E-state index contributed by atoms with van der Waals surface area (Å²) in [6.07, 6.45) is 0.670. The summed E-state index contributed by atoms with van der Waals surface area (Å²) in [4.78, 5) is 26.5. The van der Waals surface area contributed by atoms with Gasteiger partial charge in [0.05, 0.1) is 26.9 Å². The molecule has 1 atom stereocenters. The van der Waals surface area contributed by atoms with Crippen LogP contribution in [0.25, 0.3) is 0 Å². The molecule has 0 fully saturated rings. The SMILES string of the molecule is CCOc1ccc(NC(=O)N2CCc3cc(OC)c(OC)cc3C2CNC(C)=O)cc1. The standard InChI is InChI=1S/C23H29N3O5/c1-5-31-18-8-6-17(7-9-18)25-23(28)26-11-10-16-12-21(29-3)22(30-4)13-19(16)20(26)14-24-15(2)27/h6-9,12-13,20H,5,10-11,14H2,1-4H3,(H,24,27)(H,25,28). The van der Waals surface area contributed by atoms with Crippen LogP contribution in [0, 0.1) is 0 Å². The van der Waals surface area contributed by atoms with Crippen molar-refractivity contribution in [3.05, 3.63) is 47.5 Å². The molecule has 1 heterocycles. The van der Waals surface area contributed by atoms with Gasteiger partial charge in [-0.2, -0.15) is 0 Å². The molecule has 1 aliphatic rings. The second kappa shape index (κ2) is 10.1. The summed E-state index contributed by atoms with van der Waals surface area (Å²) >= 11 is 0.